The van der Waals surface area contributed by atoms with Crippen LogP contribution in [0.4, 0.5) is 5.69 Å². The first-order valence-corrected chi connectivity index (χ1v) is 11.7. The van der Waals surface area contributed by atoms with Crippen molar-refractivity contribution in [1.29, 1.82) is 0 Å². The fourth-order valence-electron chi connectivity index (χ4n) is 4.28. The second kappa shape index (κ2) is 11.1. The molecule has 4 rings (SSSR count). The van der Waals surface area contributed by atoms with Crippen molar-refractivity contribution in [2.45, 2.75) is 26.1 Å². The van der Waals surface area contributed by atoms with Crippen LogP contribution in [0, 0.1) is 0 Å². The number of nitrogens with zero attached hydrogens (tertiary/aromatic N) is 1. The third-order valence-electron chi connectivity index (χ3n) is 6.13. The fourth-order valence-corrected chi connectivity index (χ4v) is 4.28. The van der Waals surface area contributed by atoms with Crippen LogP contribution >= 0.6 is 0 Å². The lowest BCUT2D eigenvalue weighted by Gasteiger charge is -2.24. The van der Waals surface area contributed by atoms with Crippen molar-refractivity contribution in [3.05, 3.63) is 71.3 Å². The quantitative estimate of drug-likeness (QED) is 0.487. The van der Waals surface area contributed by atoms with Gasteiger partial charge in [0.05, 0.1) is 28.4 Å². The number of fused-ring (bicyclic) bond motifs is 1. The Morgan fingerprint density at radius 1 is 0.946 bits per heavy atom. The maximum atomic E-state index is 13.2. The molecular formula is C28H30N2O7. The Morgan fingerprint density at radius 2 is 1.70 bits per heavy atom. The van der Waals surface area contributed by atoms with Crippen molar-refractivity contribution in [2.24, 2.45) is 0 Å². The number of benzene rings is 3. The summed E-state index contributed by atoms with van der Waals surface area (Å²) in [6.45, 7) is 2.31. The number of carbonyl (C=O) groups excluding carboxylic acids is 2. The lowest BCUT2D eigenvalue weighted by molar-refractivity contribution is -0.138. The highest BCUT2D eigenvalue weighted by Crippen LogP contribution is 2.34. The van der Waals surface area contributed by atoms with Gasteiger partial charge in [0, 0.05) is 35.5 Å². The summed E-state index contributed by atoms with van der Waals surface area (Å²) in [5.41, 5.74) is 2.57. The molecule has 3 aromatic carbocycles. The molecule has 1 atom stereocenters. The number of hydrogen-bond donors (Lipinski definition) is 1. The molecule has 1 heterocycles. The van der Waals surface area contributed by atoms with Gasteiger partial charge in [0.15, 0.2) is 29.1 Å². The normalized spacial score (nSPS) is 14.7. The first-order valence-electron chi connectivity index (χ1n) is 11.7. The van der Waals surface area contributed by atoms with Gasteiger partial charge >= 0.3 is 0 Å². The van der Waals surface area contributed by atoms with Crippen LogP contribution in [0.2, 0.25) is 0 Å². The van der Waals surface area contributed by atoms with E-state index in [0.717, 1.165) is 11.1 Å². The van der Waals surface area contributed by atoms with Crippen molar-refractivity contribution in [2.75, 3.05) is 33.8 Å². The van der Waals surface area contributed by atoms with Crippen LogP contribution in [0.1, 0.15) is 28.4 Å². The predicted octanol–water partition coefficient (Wildman–Crippen LogP) is 4.28. The van der Waals surface area contributed by atoms with Gasteiger partial charge in [-0.25, -0.2) is 0 Å². The Morgan fingerprint density at radius 3 is 2.41 bits per heavy atom. The summed E-state index contributed by atoms with van der Waals surface area (Å²) in [5, 5.41) is 2.91. The standard InChI is InChI=1S/C28H30N2O7/c1-17-28(32)30(15-19-7-6-8-24(34-3)26(19)36-5)16-20-13-21(10-12-22(20)37-17)29-27(31)18-9-11-23(33-2)25(14-18)35-4/h6-14,17H,15-16H2,1-5H3,(H,29,31). The van der Waals surface area contributed by atoms with Crippen molar-refractivity contribution < 1.29 is 33.3 Å². The highest BCUT2D eigenvalue weighted by molar-refractivity contribution is 6.04. The van der Waals surface area contributed by atoms with E-state index in [-0.39, 0.29) is 11.8 Å². The van der Waals surface area contributed by atoms with Crippen molar-refractivity contribution in [3.63, 3.8) is 0 Å². The van der Waals surface area contributed by atoms with E-state index in [1.165, 1.54) is 14.2 Å². The minimum atomic E-state index is -0.676. The maximum Gasteiger partial charge on any atom is 0.263 e. The number of hydrogen-bond acceptors (Lipinski definition) is 7. The third-order valence-corrected chi connectivity index (χ3v) is 6.13. The predicted molar refractivity (Wildman–Crippen MR) is 138 cm³/mol. The summed E-state index contributed by atoms with van der Waals surface area (Å²) in [6, 6.07) is 15.8. The Balaban J connectivity index is 1.58. The smallest absolute Gasteiger partial charge is 0.263 e. The molecule has 0 saturated heterocycles. The van der Waals surface area contributed by atoms with Crippen LogP contribution in [0.25, 0.3) is 0 Å². The summed E-state index contributed by atoms with van der Waals surface area (Å²) in [4.78, 5) is 27.8. The Labute approximate surface area is 215 Å². The molecule has 194 valence electrons. The molecule has 0 radical (unpaired) electrons. The first-order chi connectivity index (χ1) is 17.9. The molecule has 0 aliphatic carbocycles. The molecule has 0 spiro atoms. The highest BCUT2D eigenvalue weighted by Gasteiger charge is 2.29. The first kappa shape index (κ1) is 25.7. The van der Waals surface area contributed by atoms with E-state index < -0.39 is 6.10 Å². The lowest BCUT2D eigenvalue weighted by atomic mass is 10.1. The van der Waals surface area contributed by atoms with Gasteiger partial charge in [-0.15, -0.1) is 0 Å². The largest absolute Gasteiger partial charge is 0.493 e. The van der Waals surface area contributed by atoms with Crippen LogP contribution in [-0.2, 0) is 17.9 Å². The molecule has 2 amide bonds. The van der Waals surface area contributed by atoms with E-state index in [1.807, 2.05) is 18.2 Å². The van der Waals surface area contributed by atoms with Crippen LogP contribution in [0.3, 0.4) is 0 Å². The summed E-state index contributed by atoms with van der Waals surface area (Å²) in [7, 11) is 6.19. The zero-order valence-corrected chi connectivity index (χ0v) is 21.5. The SMILES string of the molecule is COc1ccc(C(=O)Nc2ccc3c(c2)CN(Cc2cccc(OC)c2OC)C(=O)C(C)O3)cc1OC. The molecular weight excluding hydrogens is 476 g/mol. The molecule has 0 saturated carbocycles. The number of ether oxygens (including phenoxy) is 5. The van der Waals surface area contributed by atoms with Crippen molar-refractivity contribution in [3.8, 4) is 28.7 Å². The van der Waals surface area contributed by atoms with Gasteiger partial charge in [-0.1, -0.05) is 12.1 Å². The van der Waals surface area contributed by atoms with Crippen LogP contribution in [0.15, 0.2) is 54.6 Å². The van der Waals surface area contributed by atoms with Gasteiger partial charge in [-0.05, 0) is 49.4 Å². The molecule has 3 aromatic rings. The summed E-state index contributed by atoms with van der Waals surface area (Å²) in [6.07, 6.45) is -0.676. The number of carbonyl (C=O) groups is 2. The van der Waals surface area contributed by atoms with Crippen molar-refractivity contribution >= 4 is 17.5 Å². The Hall–Kier alpha value is -4.40. The van der Waals surface area contributed by atoms with Gasteiger partial charge < -0.3 is 33.9 Å². The minimum Gasteiger partial charge on any atom is -0.493 e. The van der Waals surface area contributed by atoms with Crippen LogP contribution < -0.4 is 29.0 Å². The Bertz CT molecular complexity index is 1310. The van der Waals surface area contributed by atoms with E-state index >= 15 is 0 Å². The number of amides is 2. The number of anilines is 1. The van der Waals surface area contributed by atoms with Crippen molar-refractivity contribution in [1.82, 2.24) is 4.90 Å². The molecule has 1 aliphatic heterocycles. The van der Waals surface area contributed by atoms with E-state index in [2.05, 4.69) is 5.32 Å². The average Bonchev–Trinajstić information content (AvgIpc) is 3.03. The van der Waals surface area contributed by atoms with Crippen LogP contribution in [-0.4, -0.2) is 51.3 Å². The second-order valence-electron chi connectivity index (χ2n) is 8.45. The van der Waals surface area contributed by atoms with E-state index in [4.69, 9.17) is 23.7 Å². The molecule has 37 heavy (non-hydrogen) atoms. The minimum absolute atomic E-state index is 0.156. The summed E-state index contributed by atoms with van der Waals surface area (Å²) >= 11 is 0. The highest BCUT2D eigenvalue weighted by atomic mass is 16.5. The average molecular weight is 507 g/mol. The molecule has 1 aliphatic rings. The Kier molecular flexibility index (Phi) is 7.71. The van der Waals surface area contributed by atoms with Gasteiger partial charge in [0.2, 0.25) is 0 Å². The molecule has 0 fully saturated rings. The monoisotopic (exact) mass is 506 g/mol. The van der Waals surface area contributed by atoms with Gasteiger partial charge in [0.25, 0.3) is 11.8 Å². The maximum absolute atomic E-state index is 13.2. The summed E-state index contributed by atoms with van der Waals surface area (Å²) < 4.78 is 27.4. The fraction of sp³-hybridized carbons (Fsp3) is 0.286. The molecule has 9 heteroatoms. The van der Waals surface area contributed by atoms with E-state index in [1.54, 1.807) is 62.4 Å². The van der Waals surface area contributed by atoms with E-state index in [0.29, 0.717) is 53.1 Å². The molecule has 1 N–H and O–H groups in total. The lowest BCUT2D eigenvalue weighted by Crippen LogP contribution is -2.37. The van der Waals surface area contributed by atoms with Crippen LogP contribution in [0.5, 0.6) is 28.7 Å². The zero-order chi connectivity index (χ0) is 26.5. The number of rotatable bonds is 8. The van der Waals surface area contributed by atoms with Gasteiger partial charge in [0.1, 0.15) is 5.75 Å². The second-order valence-corrected chi connectivity index (χ2v) is 8.45. The topological polar surface area (TPSA) is 95.6 Å². The number of para-hydroxylation sites is 1. The number of nitrogens with one attached hydrogen (secondary N) is 1. The molecule has 0 bridgehead atoms. The third kappa shape index (κ3) is 5.40. The summed E-state index contributed by atoms with van der Waals surface area (Å²) in [5.74, 6) is 2.29. The van der Waals surface area contributed by atoms with E-state index in [9.17, 15) is 9.59 Å². The molecule has 0 aromatic heterocycles. The zero-order valence-electron chi connectivity index (χ0n) is 21.5. The number of methoxy groups -OCH3 is 4. The molecule has 1 unspecified atom stereocenters. The molecule has 9 nitrogen and oxygen atoms in total. The van der Waals surface area contributed by atoms with Gasteiger partial charge in [-0.2, -0.15) is 0 Å². The van der Waals surface area contributed by atoms with Gasteiger partial charge in [-0.3, -0.25) is 9.59 Å².